The molecule has 2 atom stereocenters. The summed E-state index contributed by atoms with van der Waals surface area (Å²) in [5, 5.41) is 37.9. The lowest BCUT2D eigenvalue weighted by molar-refractivity contribution is -0.627. The molecule has 0 aliphatic carbocycles. The van der Waals surface area contributed by atoms with E-state index in [0.29, 0.717) is 43.3 Å². The van der Waals surface area contributed by atoms with E-state index >= 15 is 0 Å². The zero-order chi connectivity index (χ0) is 34.2. The molecule has 0 aliphatic heterocycles. The Bertz CT molecular complexity index is 1780. The number of pyridine rings is 1. The van der Waals surface area contributed by atoms with Gasteiger partial charge in [0.25, 0.3) is 0 Å². The van der Waals surface area contributed by atoms with Crippen LogP contribution in [0, 0.1) is 5.21 Å². The molecule has 0 aliphatic rings. The van der Waals surface area contributed by atoms with Crippen LogP contribution in [0.4, 0.5) is 0 Å². The summed E-state index contributed by atoms with van der Waals surface area (Å²) in [6.45, 7) is 13.2. The zero-order valence-electron chi connectivity index (χ0n) is 28.4. The molecule has 0 radical (unpaired) electrons. The van der Waals surface area contributed by atoms with Gasteiger partial charge in [0.05, 0.1) is 12.2 Å². The van der Waals surface area contributed by atoms with Crippen molar-refractivity contribution in [3.8, 4) is 22.5 Å². The van der Waals surface area contributed by atoms with E-state index < -0.39 is 6.10 Å². The number of ether oxygens (including phenoxy) is 1. The maximum absolute atomic E-state index is 13.5. The predicted molar refractivity (Wildman–Crippen MR) is 186 cm³/mol. The lowest BCUT2D eigenvalue weighted by atomic mass is 9.98. The van der Waals surface area contributed by atoms with Gasteiger partial charge in [-0.25, -0.2) is 4.98 Å². The fourth-order valence-corrected chi connectivity index (χ4v) is 6.27. The highest BCUT2D eigenvalue weighted by molar-refractivity contribution is 6.30. The molecular formula is C36H45ClN8O3. The highest BCUT2D eigenvalue weighted by Gasteiger charge is 2.30. The molecule has 3 aromatic heterocycles. The Morgan fingerprint density at radius 2 is 1.71 bits per heavy atom. The van der Waals surface area contributed by atoms with Crippen LogP contribution in [0.5, 0.6) is 0 Å². The number of imidazole rings is 1. The molecule has 12 heteroatoms. The number of aliphatic hydroxyl groups is 1. The first-order valence-corrected chi connectivity index (χ1v) is 17.1. The molecule has 2 unspecified atom stereocenters. The molecule has 0 amide bonds. The maximum atomic E-state index is 13.5. The SMILES string of the molecule is CCCCc1nc(Cl)c(C(O)c2cccc(CN(CC)CC)[n+]2[O-])n1Cc1ccc(-c2ccccc2-c2nnnn2C(C)OCC)cc1. The van der Waals surface area contributed by atoms with Crippen LogP contribution >= 0.6 is 11.6 Å². The van der Waals surface area contributed by atoms with E-state index in [0.717, 1.165) is 58.7 Å². The molecule has 2 aromatic carbocycles. The minimum atomic E-state index is -1.26. The number of hydrogen-bond acceptors (Lipinski definition) is 8. The number of aliphatic hydroxyl groups excluding tert-OH is 1. The second-order valence-electron chi connectivity index (χ2n) is 11.7. The Labute approximate surface area is 287 Å². The molecular weight excluding hydrogens is 628 g/mol. The van der Waals surface area contributed by atoms with Gasteiger partial charge in [0.15, 0.2) is 23.3 Å². The van der Waals surface area contributed by atoms with Crippen LogP contribution in [0.15, 0.2) is 66.7 Å². The number of rotatable bonds is 16. The second-order valence-corrected chi connectivity index (χ2v) is 12.1. The number of halogens is 1. The normalized spacial score (nSPS) is 12.9. The molecule has 0 fully saturated rings. The highest BCUT2D eigenvalue weighted by Crippen LogP contribution is 2.33. The molecule has 11 nitrogen and oxygen atoms in total. The van der Waals surface area contributed by atoms with E-state index in [1.807, 2.05) is 48.7 Å². The summed E-state index contributed by atoms with van der Waals surface area (Å²) in [6.07, 6.45) is 1.02. The van der Waals surface area contributed by atoms with E-state index in [1.54, 1.807) is 16.8 Å². The van der Waals surface area contributed by atoms with Gasteiger partial charge in [0.2, 0.25) is 11.4 Å². The number of aryl methyl sites for hydroxylation is 1. The van der Waals surface area contributed by atoms with Gasteiger partial charge in [-0.3, -0.25) is 4.90 Å². The van der Waals surface area contributed by atoms with E-state index in [9.17, 15) is 10.3 Å². The first-order valence-electron chi connectivity index (χ1n) is 16.8. The van der Waals surface area contributed by atoms with Crippen molar-refractivity contribution in [3.63, 3.8) is 0 Å². The van der Waals surface area contributed by atoms with Gasteiger partial charge in [-0.05, 0) is 66.5 Å². The molecule has 3 heterocycles. The third kappa shape index (κ3) is 7.60. The highest BCUT2D eigenvalue weighted by atomic mass is 35.5. The number of aromatic nitrogens is 7. The van der Waals surface area contributed by atoms with Crippen LogP contribution in [0.3, 0.4) is 0 Å². The van der Waals surface area contributed by atoms with Crippen LogP contribution in [0.1, 0.15) is 88.3 Å². The standard InChI is InChI=1S/C36H45ClN8O3/c1-6-10-18-32-38-35(37)33(34(46)31-17-13-14-28(45(31)47)24-42(7-2)8-3)43(32)23-26-19-21-27(22-20-26)29-15-11-12-16-30(29)36-39-40-41-44(36)25(5)48-9-4/h11-17,19-22,25,34,46H,6-10,18,23-24H2,1-5H3. The third-order valence-electron chi connectivity index (χ3n) is 8.68. The van der Waals surface area contributed by atoms with Gasteiger partial charge in [-0.15, -0.1) is 5.10 Å². The van der Waals surface area contributed by atoms with Crippen LogP contribution in [0.25, 0.3) is 22.5 Å². The fraction of sp³-hybridized carbons (Fsp3) is 0.417. The molecule has 0 saturated carbocycles. The molecule has 1 N–H and O–H groups in total. The average Bonchev–Trinajstić information content (AvgIpc) is 3.71. The molecule has 5 aromatic rings. The van der Waals surface area contributed by atoms with Crippen molar-refractivity contribution >= 4 is 11.6 Å². The summed E-state index contributed by atoms with van der Waals surface area (Å²) in [5.74, 6) is 1.40. The maximum Gasteiger partial charge on any atom is 0.227 e. The quantitative estimate of drug-likeness (QED) is 0.0950. The Balaban J connectivity index is 1.47. The summed E-state index contributed by atoms with van der Waals surface area (Å²) in [4.78, 5) is 6.83. The van der Waals surface area contributed by atoms with Crippen molar-refractivity contribution < 1.29 is 14.6 Å². The summed E-state index contributed by atoms with van der Waals surface area (Å²) >= 11 is 6.75. The smallest absolute Gasteiger partial charge is 0.227 e. The lowest BCUT2D eigenvalue weighted by Gasteiger charge is -2.20. The number of tetrazole rings is 1. The third-order valence-corrected chi connectivity index (χ3v) is 8.96. The number of nitrogens with zero attached hydrogens (tertiary/aromatic N) is 8. The summed E-state index contributed by atoms with van der Waals surface area (Å²) in [5.41, 5.74) is 5.08. The summed E-state index contributed by atoms with van der Waals surface area (Å²) in [6, 6.07) is 21.5. The molecule has 5 rings (SSSR count). The van der Waals surface area contributed by atoms with Crippen molar-refractivity contribution in [1.29, 1.82) is 0 Å². The fourth-order valence-electron chi connectivity index (χ4n) is 5.97. The van der Waals surface area contributed by atoms with Gasteiger partial charge < -0.3 is 19.6 Å². The number of unbranched alkanes of at least 4 members (excludes halogenated alkanes) is 1. The summed E-state index contributed by atoms with van der Waals surface area (Å²) < 4.78 is 10.2. The molecule has 0 bridgehead atoms. The van der Waals surface area contributed by atoms with Crippen LogP contribution in [-0.2, 0) is 24.2 Å². The predicted octanol–water partition coefficient (Wildman–Crippen LogP) is 6.36. The molecule has 254 valence electrons. The van der Waals surface area contributed by atoms with Crippen molar-refractivity contribution in [2.75, 3.05) is 19.7 Å². The first-order chi connectivity index (χ1) is 23.3. The minimum absolute atomic E-state index is 0.201. The molecule has 0 saturated heterocycles. The van der Waals surface area contributed by atoms with Crippen LogP contribution < -0.4 is 4.73 Å². The van der Waals surface area contributed by atoms with Crippen molar-refractivity contribution in [1.82, 2.24) is 34.7 Å². The molecule has 0 spiro atoms. The van der Waals surface area contributed by atoms with Gasteiger partial charge in [0, 0.05) is 37.3 Å². The molecule has 48 heavy (non-hydrogen) atoms. The summed E-state index contributed by atoms with van der Waals surface area (Å²) in [7, 11) is 0. The van der Waals surface area contributed by atoms with Crippen molar-refractivity contribution in [2.45, 2.75) is 79.3 Å². The second kappa shape index (κ2) is 16.3. The van der Waals surface area contributed by atoms with Gasteiger partial charge in [-0.2, -0.15) is 9.41 Å². The monoisotopic (exact) mass is 672 g/mol. The average molecular weight is 673 g/mol. The Morgan fingerprint density at radius 1 is 0.979 bits per heavy atom. The number of hydrogen-bond donors (Lipinski definition) is 1. The van der Waals surface area contributed by atoms with Crippen molar-refractivity contribution in [2.24, 2.45) is 0 Å². The Morgan fingerprint density at radius 3 is 2.40 bits per heavy atom. The van der Waals surface area contributed by atoms with E-state index in [4.69, 9.17) is 16.3 Å². The van der Waals surface area contributed by atoms with Crippen LogP contribution in [-0.4, -0.2) is 59.5 Å². The van der Waals surface area contributed by atoms with Gasteiger partial charge in [0.1, 0.15) is 5.82 Å². The zero-order valence-corrected chi connectivity index (χ0v) is 29.1. The van der Waals surface area contributed by atoms with E-state index in [1.165, 1.54) is 0 Å². The Kier molecular flexibility index (Phi) is 11.9. The largest absolute Gasteiger partial charge is 0.618 e. The van der Waals surface area contributed by atoms with Crippen LogP contribution in [0.2, 0.25) is 5.15 Å². The van der Waals surface area contributed by atoms with E-state index in [-0.39, 0.29) is 17.1 Å². The number of benzene rings is 2. The topological polar surface area (TPSA) is 121 Å². The lowest BCUT2D eigenvalue weighted by Crippen LogP contribution is -2.41. The van der Waals surface area contributed by atoms with Gasteiger partial charge in [-0.1, -0.05) is 87.3 Å². The Hall–Kier alpha value is -4.16. The first kappa shape index (κ1) is 35.2. The minimum Gasteiger partial charge on any atom is -0.618 e. The van der Waals surface area contributed by atoms with Crippen molar-refractivity contribution in [3.05, 3.63) is 106 Å². The van der Waals surface area contributed by atoms with Gasteiger partial charge >= 0.3 is 0 Å². The van der Waals surface area contributed by atoms with E-state index in [2.05, 4.69) is 70.4 Å².